The van der Waals surface area contributed by atoms with Gasteiger partial charge >= 0.3 is 0 Å². The summed E-state index contributed by atoms with van der Waals surface area (Å²) in [6.07, 6.45) is 5.43. The fourth-order valence-electron chi connectivity index (χ4n) is 5.55. The zero-order chi connectivity index (χ0) is 23.8. The van der Waals surface area contributed by atoms with Crippen LogP contribution in [0.1, 0.15) is 76.7 Å². The van der Waals surface area contributed by atoms with Crippen LogP contribution in [-0.4, -0.2) is 40.4 Å². The van der Waals surface area contributed by atoms with Gasteiger partial charge in [-0.3, -0.25) is 19.4 Å². The minimum absolute atomic E-state index is 0.00894. The fourth-order valence-corrected chi connectivity index (χ4v) is 5.55. The minimum atomic E-state index is -0.683. The molecule has 2 fully saturated rings. The Morgan fingerprint density at radius 2 is 1.64 bits per heavy atom. The summed E-state index contributed by atoms with van der Waals surface area (Å²) in [4.78, 5) is 45.5. The molecule has 1 saturated heterocycles. The van der Waals surface area contributed by atoms with E-state index in [-0.39, 0.29) is 22.9 Å². The zero-order valence-electron chi connectivity index (χ0n) is 19.8. The number of aromatic nitrogens is 1. The molecule has 0 atom stereocenters. The van der Waals surface area contributed by atoms with Crippen molar-refractivity contribution in [2.24, 2.45) is 5.41 Å². The van der Waals surface area contributed by atoms with Gasteiger partial charge in [-0.25, -0.2) is 0 Å². The van der Waals surface area contributed by atoms with Gasteiger partial charge in [0, 0.05) is 43.9 Å². The first-order valence-electron chi connectivity index (χ1n) is 11.5. The van der Waals surface area contributed by atoms with Crippen LogP contribution in [0, 0.1) is 38.0 Å². The summed E-state index contributed by atoms with van der Waals surface area (Å²) in [6.45, 7) is 8.73. The number of hydrogen-bond acceptors (Lipinski definition) is 4. The Morgan fingerprint density at radius 3 is 2.18 bits per heavy atom. The lowest BCUT2D eigenvalue weighted by Crippen LogP contribution is -2.48. The first-order chi connectivity index (χ1) is 15.7. The van der Waals surface area contributed by atoms with E-state index < -0.39 is 5.92 Å². The monoisotopic (exact) mass is 442 g/mol. The molecule has 1 amide bonds. The molecule has 2 aliphatic rings. The minimum Gasteiger partial charge on any atom is -0.339 e. The standard InChI is InChI=1S/C28H30N2O3/c1-5-6-21-13-19(3)25(20(4)14-21)26-23(31)15-28(16-24(26)32)8-11-30(12-9-28)27(33)22-17-29-10-7-18(22)2/h7,10,13-14,17,26H,8-9,11-12,15-16H2,1-4H3. The van der Waals surface area contributed by atoms with Crippen molar-refractivity contribution in [1.82, 2.24) is 9.88 Å². The second kappa shape index (κ2) is 8.94. The predicted molar refractivity (Wildman–Crippen MR) is 127 cm³/mol. The van der Waals surface area contributed by atoms with E-state index in [4.69, 9.17) is 0 Å². The molecular formula is C28H30N2O3. The second-order valence-corrected chi connectivity index (χ2v) is 9.60. The third-order valence-electron chi connectivity index (χ3n) is 7.27. The number of benzene rings is 1. The van der Waals surface area contributed by atoms with Crippen LogP contribution in [0.5, 0.6) is 0 Å². The molecule has 2 heterocycles. The van der Waals surface area contributed by atoms with Gasteiger partial charge in [0.05, 0.1) is 5.56 Å². The van der Waals surface area contributed by atoms with Crippen molar-refractivity contribution in [3.63, 3.8) is 0 Å². The molecule has 33 heavy (non-hydrogen) atoms. The first kappa shape index (κ1) is 22.9. The van der Waals surface area contributed by atoms with Crippen molar-refractivity contribution >= 4 is 17.5 Å². The van der Waals surface area contributed by atoms with Gasteiger partial charge < -0.3 is 4.90 Å². The number of aryl methyl sites for hydroxylation is 3. The third-order valence-corrected chi connectivity index (χ3v) is 7.27. The number of carbonyl (C=O) groups is 3. The molecule has 1 spiro atoms. The normalized spacial score (nSPS) is 18.2. The first-order valence-corrected chi connectivity index (χ1v) is 11.5. The van der Waals surface area contributed by atoms with E-state index >= 15 is 0 Å². The molecule has 5 heteroatoms. The van der Waals surface area contributed by atoms with Crippen molar-refractivity contribution in [1.29, 1.82) is 0 Å². The van der Waals surface area contributed by atoms with Crippen LogP contribution >= 0.6 is 0 Å². The highest BCUT2D eigenvalue weighted by Crippen LogP contribution is 2.46. The number of amides is 1. The van der Waals surface area contributed by atoms with E-state index in [1.165, 1.54) is 0 Å². The average molecular weight is 443 g/mol. The summed E-state index contributed by atoms with van der Waals surface area (Å²) in [6, 6.07) is 5.77. The molecule has 170 valence electrons. The highest BCUT2D eigenvalue weighted by atomic mass is 16.2. The second-order valence-electron chi connectivity index (χ2n) is 9.60. The smallest absolute Gasteiger partial charge is 0.255 e. The maximum atomic E-state index is 13.3. The van der Waals surface area contributed by atoms with Gasteiger partial charge in [0.1, 0.15) is 17.5 Å². The number of ketones is 2. The lowest BCUT2D eigenvalue weighted by Gasteiger charge is -2.45. The number of Topliss-reactive ketones (excluding diaryl/α,β-unsaturated/α-hetero) is 2. The molecule has 1 aliphatic heterocycles. The summed E-state index contributed by atoms with van der Waals surface area (Å²) in [7, 11) is 0. The van der Waals surface area contributed by atoms with Gasteiger partial charge in [-0.05, 0) is 86.4 Å². The Balaban J connectivity index is 1.50. The van der Waals surface area contributed by atoms with E-state index in [2.05, 4.69) is 16.8 Å². The van der Waals surface area contributed by atoms with Crippen LogP contribution in [0.3, 0.4) is 0 Å². The number of rotatable bonds is 2. The predicted octanol–water partition coefficient (Wildman–Crippen LogP) is 4.32. The molecule has 0 unspecified atom stereocenters. The van der Waals surface area contributed by atoms with Crippen molar-refractivity contribution in [2.75, 3.05) is 13.1 Å². The highest BCUT2D eigenvalue weighted by molar-refractivity contribution is 6.10. The molecule has 4 rings (SSSR count). The van der Waals surface area contributed by atoms with Gasteiger partial charge in [-0.15, -0.1) is 5.92 Å². The number of pyridine rings is 1. The molecule has 1 aromatic carbocycles. The van der Waals surface area contributed by atoms with Gasteiger partial charge in [-0.1, -0.05) is 5.92 Å². The van der Waals surface area contributed by atoms with E-state index in [0.717, 1.165) is 27.8 Å². The zero-order valence-corrected chi connectivity index (χ0v) is 19.8. The van der Waals surface area contributed by atoms with Crippen LogP contribution in [0.4, 0.5) is 0 Å². The Kier molecular flexibility index (Phi) is 6.21. The van der Waals surface area contributed by atoms with Crippen molar-refractivity contribution < 1.29 is 14.4 Å². The number of hydrogen-bond donors (Lipinski definition) is 0. The summed E-state index contributed by atoms with van der Waals surface area (Å²) in [5.41, 5.74) is 4.84. The number of nitrogens with zero attached hydrogens (tertiary/aromatic N) is 2. The van der Waals surface area contributed by atoms with Gasteiger partial charge in [-0.2, -0.15) is 0 Å². The summed E-state index contributed by atoms with van der Waals surface area (Å²) in [5.74, 6) is 5.27. The maximum Gasteiger partial charge on any atom is 0.255 e. The average Bonchev–Trinajstić information content (AvgIpc) is 2.76. The Hall–Kier alpha value is -3.26. The van der Waals surface area contributed by atoms with Crippen molar-refractivity contribution in [3.8, 4) is 11.8 Å². The number of carbonyl (C=O) groups excluding carboxylic acids is 3. The third kappa shape index (κ3) is 4.35. The van der Waals surface area contributed by atoms with Gasteiger partial charge in [0.25, 0.3) is 5.91 Å². The Morgan fingerprint density at radius 1 is 1.03 bits per heavy atom. The van der Waals surface area contributed by atoms with Crippen LogP contribution in [-0.2, 0) is 9.59 Å². The topological polar surface area (TPSA) is 67.3 Å². The molecular weight excluding hydrogens is 412 g/mol. The summed E-state index contributed by atoms with van der Waals surface area (Å²) in [5, 5.41) is 0. The molecule has 0 radical (unpaired) electrons. The van der Waals surface area contributed by atoms with Crippen LogP contribution in [0.2, 0.25) is 0 Å². The van der Waals surface area contributed by atoms with E-state index in [0.29, 0.717) is 44.3 Å². The van der Waals surface area contributed by atoms with E-state index in [1.807, 2.05) is 43.9 Å². The number of piperidine rings is 1. The van der Waals surface area contributed by atoms with E-state index in [1.54, 1.807) is 19.3 Å². The molecule has 2 aromatic rings. The molecule has 0 bridgehead atoms. The number of likely N-dealkylation sites (tertiary alicyclic amines) is 1. The lowest BCUT2D eigenvalue weighted by atomic mass is 9.62. The van der Waals surface area contributed by atoms with Crippen LogP contribution in [0.25, 0.3) is 0 Å². The highest BCUT2D eigenvalue weighted by Gasteiger charge is 2.47. The van der Waals surface area contributed by atoms with Crippen LogP contribution < -0.4 is 0 Å². The summed E-state index contributed by atoms with van der Waals surface area (Å²) >= 11 is 0. The van der Waals surface area contributed by atoms with Crippen molar-refractivity contribution in [2.45, 2.75) is 59.3 Å². The van der Waals surface area contributed by atoms with Gasteiger partial charge in [0.15, 0.2) is 0 Å². The quantitative estimate of drug-likeness (QED) is 0.513. The lowest BCUT2D eigenvalue weighted by molar-refractivity contribution is -0.138. The fraction of sp³-hybridized carbons (Fsp3) is 0.429. The molecule has 5 nitrogen and oxygen atoms in total. The van der Waals surface area contributed by atoms with Crippen molar-refractivity contribution in [3.05, 3.63) is 64.0 Å². The van der Waals surface area contributed by atoms with E-state index in [9.17, 15) is 14.4 Å². The molecule has 1 saturated carbocycles. The SMILES string of the molecule is CC#Cc1cc(C)c(C2C(=O)CC3(CCN(C(=O)c4cnccc4C)CC3)CC2=O)c(C)c1. The Labute approximate surface area is 195 Å². The Bertz CT molecular complexity index is 1150. The van der Waals surface area contributed by atoms with Gasteiger partial charge in [0.2, 0.25) is 0 Å². The largest absolute Gasteiger partial charge is 0.339 e. The summed E-state index contributed by atoms with van der Waals surface area (Å²) < 4.78 is 0. The van der Waals surface area contributed by atoms with Crippen LogP contribution in [0.15, 0.2) is 30.6 Å². The molecule has 0 N–H and O–H groups in total. The maximum absolute atomic E-state index is 13.3. The molecule has 1 aliphatic carbocycles. The molecule has 1 aromatic heterocycles.